The zero-order valence-corrected chi connectivity index (χ0v) is 42.5. The van der Waals surface area contributed by atoms with Gasteiger partial charge in [-0.25, -0.2) is 0 Å². The fraction of sp³-hybridized carbons (Fsp3) is 0.262. The summed E-state index contributed by atoms with van der Waals surface area (Å²) in [4.78, 5) is 2.60. The van der Waals surface area contributed by atoms with Crippen molar-refractivity contribution in [3.63, 3.8) is 0 Å². The molecule has 0 fully saturated rings. The molecule has 9 aromatic rings. The Labute approximate surface area is 410 Å². The quantitative estimate of drug-likeness (QED) is 0.169. The van der Waals surface area contributed by atoms with Crippen molar-refractivity contribution in [1.29, 1.82) is 0 Å². The van der Waals surface area contributed by atoms with Gasteiger partial charge >= 0.3 is 0 Å². The van der Waals surface area contributed by atoms with Crippen LogP contribution in [0.2, 0.25) is 0 Å². The van der Waals surface area contributed by atoms with Gasteiger partial charge in [-0.1, -0.05) is 166 Å². The van der Waals surface area contributed by atoms with Gasteiger partial charge in [-0.05, 0) is 164 Å². The molecule has 1 aromatic heterocycles. The summed E-state index contributed by atoms with van der Waals surface area (Å²) < 4.78 is 6.69. The van der Waals surface area contributed by atoms with E-state index in [1.165, 1.54) is 83.5 Å². The highest BCUT2D eigenvalue weighted by Gasteiger charge is 2.39. The van der Waals surface area contributed by atoms with Gasteiger partial charge in [0.1, 0.15) is 11.2 Å². The Bertz CT molecular complexity index is 3470. The number of fused-ring (bicyclic) bond motifs is 6. The van der Waals surface area contributed by atoms with Crippen LogP contribution in [0.25, 0.3) is 55.3 Å². The van der Waals surface area contributed by atoms with Gasteiger partial charge in [0.2, 0.25) is 0 Å². The number of para-hydroxylation sites is 1. The molecule has 0 saturated heterocycles. The fourth-order valence-electron chi connectivity index (χ4n) is 11.3. The van der Waals surface area contributed by atoms with E-state index in [0.717, 1.165) is 59.1 Å². The van der Waals surface area contributed by atoms with Crippen LogP contribution in [-0.2, 0) is 21.7 Å². The molecular formula is C65H65BN2O. The van der Waals surface area contributed by atoms with Crippen LogP contribution < -0.4 is 21.1 Å². The van der Waals surface area contributed by atoms with Crippen LogP contribution in [0, 0.1) is 6.92 Å². The van der Waals surface area contributed by atoms with E-state index in [-0.39, 0.29) is 21.7 Å². The molecule has 69 heavy (non-hydrogen) atoms. The summed E-state index contributed by atoms with van der Waals surface area (Å²) in [7, 11) is 0.740. The number of hydrogen-bond acceptors (Lipinski definition) is 3. The summed E-state index contributed by atoms with van der Waals surface area (Å²) in [5.41, 5.74) is 24.3. The number of nitrogens with one attached hydrogen (secondary N) is 1. The lowest BCUT2D eigenvalue weighted by Crippen LogP contribution is -2.41. The SMILES string of the molecule is Cc1ccccc1-c1cc(-c2cc3c(cc2Nc2ccc(C(C)(C)C)cc2)C(C)(C)CCC3(C)C)c2c(c1)N(c1ccc(C(C)(C)C)cc1-c1ccccc1)c1cc3c(cc1B2)oc1ccccc13. The number of nitrogens with zero attached hydrogens (tertiary/aromatic N) is 1. The monoisotopic (exact) mass is 901 g/mol. The second kappa shape index (κ2) is 16.2. The predicted molar refractivity (Wildman–Crippen MR) is 298 cm³/mol. The Hall–Kier alpha value is -6.78. The minimum atomic E-state index is -0.0436. The fourth-order valence-corrected chi connectivity index (χ4v) is 11.3. The van der Waals surface area contributed by atoms with Crippen molar-refractivity contribution < 1.29 is 4.42 Å². The summed E-state index contributed by atoms with van der Waals surface area (Å²) in [6.45, 7) is 25.8. The van der Waals surface area contributed by atoms with E-state index in [9.17, 15) is 0 Å². The molecule has 0 saturated carbocycles. The topological polar surface area (TPSA) is 28.4 Å². The standard InChI is InChI=1S/C65H65BN2O/c1-40-19-15-16-22-46(40)42-33-51(49-36-52-53(65(10,11)32-31-64(52,8)9)38-55(49)67-45-28-25-43(26-29-45)62(2,3)4)61-58(34-42)68(56-30-27-44(63(5,6)7)35-48(56)41-20-13-12-14-21-41)57-37-50-47-23-17-18-24-59(47)69-60(50)39-54(57)66-61/h12-30,33-39,66-67H,31-32H2,1-11H3. The van der Waals surface area contributed by atoms with Crippen LogP contribution in [0.5, 0.6) is 0 Å². The highest BCUT2D eigenvalue weighted by molar-refractivity contribution is 6.73. The molecule has 0 unspecified atom stereocenters. The first-order valence-electron chi connectivity index (χ1n) is 25.1. The molecule has 2 heterocycles. The van der Waals surface area contributed by atoms with Gasteiger partial charge in [0.05, 0.1) is 5.69 Å². The molecule has 1 N–H and O–H groups in total. The van der Waals surface area contributed by atoms with Gasteiger partial charge in [-0.15, -0.1) is 0 Å². The molecule has 0 atom stereocenters. The molecule has 0 bridgehead atoms. The molecule has 0 spiro atoms. The lowest BCUT2D eigenvalue weighted by molar-refractivity contribution is 0.332. The Balaban J connectivity index is 1.25. The van der Waals surface area contributed by atoms with Crippen molar-refractivity contribution >= 4 is 68.6 Å². The van der Waals surface area contributed by atoms with Gasteiger partial charge in [-0.2, -0.15) is 0 Å². The lowest BCUT2D eigenvalue weighted by atomic mass is 9.57. The van der Waals surface area contributed by atoms with Crippen LogP contribution in [0.1, 0.15) is 110 Å². The molecule has 1 aliphatic heterocycles. The summed E-state index contributed by atoms with van der Waals surface area (Å²) in [5, 5.41) is 6.33. The maximum atomic E-state index is 6.69. The van der Waals surface area contributed by atoms with Gasteiger partial charge in [0, 0.05) is 44.6 Å². The molecule has 0 amide bonds. The van der Waals surface area contributed by atoms with Crippen molar-refractivity contribution in [2.45, 2.75) is 111 Å². The first-order chi connectivity index (χ1) is 32.8. The average molecular weight is 901 g/mol. The number of furan rings is 1. The highest BCUT2D eigenvalue weighted by atomic mass is 16.3. The Morgan fingerprint density at radius 1 is 0.507 bits per heavy atom. The molecule has 4 heteroatoms. The van der Waals surface area contributed by atoms with E-state index in [4.69, 9.17) is 4.42 Å². The second-order valence-electron chi connectivity index (χ2n) is 23.4. The number of anilines is 5. The summed E-state index contributed by atoms with van der Waals surface area (Å²) >= 11 is 0. The first kappa shape index (κ1) is 44.7. The van der Waals surface area contributed by atoms with Crippen molar-refractivity contribution in [3.05, 3.63) is 186 Å². The van der Waals surface area contributed by atoms with Crippen LogP contribution in [0.3, 0.4) is 0 Å². The lowest BCUT2D eigenvalue weighted by Gasteiger charge is -2.43. The van der Waals surface area contributed by atoms with E-state index in [2.05, 4.69) is 244 Å². The number of aryl methyl sites for hydroxylation is 1. The number of rotatable bonds is 6. The minimum Gasteiger partial charge on any atom is -0.456 e. The summed E-state index contributed by atoms with van der Waals surface area (Å²) in [5.74, 6) is 0. The van der Waals surface area contributed by atoms with Crippen LogP contribution >= 0.6 is 0 Å². The van der Waals surface area contributed by atoms with E-state index >= 15 is 0 Å². The average Bonchev–Trinajstić information content (AvgIpc) is 3.68. The third kappa shape index (κ3) is 7.87. The van der Waals surface area contributed by atoms with Crippen molar-refractivity contribution in [2.24, 2.45) is 0 Å². The van der Waals surface area contributed by atoms with Gasteiger partial charge in [0.25, 0.3) is 0 Å². The molecule has 2 aliphatic rings. The summed E-state index contributed by atoms with van der Waals surface area (Å²) in [6, 6.07) is 59.5. The zero-order valence-electron chi connectivity index (χ0n) is 42.5. The molecule has 344 valence electrons. The van der Waals surface area contributed by atoms with E-state index in [0.29, 0.717) is 0 Å². The van der Waals surface area contributed by atoms with E-state index < -0.39 is 0 Å². The number of hydrogen-bond donors (Lipinski definition) is 1. The molecular weight excluding hydrogens is 836 g/mol. The Morgan fingerprint density at radius 2 is 1.16 bits per heavy atom. The number of benzene rings is 8. The van der Waals surface area contributed by atoms with Gasteiger partial charge in [-0.3, -0.25) is 0 Å². The van der Waals surface area contributed by atoms with Crippen molar-refractivity contribution in [2.75, 3.05) is 10.2 Å². The maximum Gasteiger partial charge on any atom is 0.198 e. The maximum absolute atomic E-state index is 6.69. The van der Waals surface area contributed by atoms with Crippen molar-refractivity contribution in [3.8, 4) is 33.4 Å². The van der Waals surface area contributed by atoms with E-state index in [1.807, 2.05) is 0 Å². The smallest absolute Gasteiger partial charge is 0.198 e. The minimum absolute atomic E-state index is 0.00506. The third-order valence-corrected chi connectivity index (χ3v) is 15.6. The second-order valence-corrected chi connectivity index (χ2v) is 23.4. The zero-order chi connectivity index (χ0) is 48.2. The molecule has 8 aromatic carbocycles. The molecule has 3 nitrogen and oxygen atoms in total. The van der Waals surface area contributed by atoms with Crippen LogP contribution in [-0.4, -0.2) is 7.28 Å². The van der Waals surface area contributed by atoms with Crippen molar-refractivity contribution in [1.82, 2.24) is 0 Å². The molecule has 1 aliphatic carbocycles. The third-order valence-electron chi connectivity index (χ3n) is 15.6. The van der Waals surface area contributed by atoms with E-state index in [1.54, 1.807) is 0 Å². The molecule has 0 radical (unpaired) electrons. The highest BCUT2D eigenvalue weighted by Crippen LogP contribution is 2.51. The van der Waals surface area contributed by atoms with Crippen LogP contribution in [0.4, 0.5) is 28.4 Å². The predicted octanol–water partition coefficient (Wildman–Crippen LogP) is 16.8. The summed E-state index contributed by atoms with van der Waals surface area (Å²) in [6.07, 6.45) is 2.28. The normalized spacial score (nSPS) is 15.1. The molecule has 11 rings (SSSR count). The largest absolute Gasteiger partial charge is 0.456 e. The Morgan fingerprint density at radius 3 is 1.87 bits per heavy atom. The van der Waals surface area contributed by atoms with Crippen LogP contribution in [0.15, 0.2) is 162 Å². The Kier molecular flexibility index (Phi) is 10.5. The van der Waals surface area contributed by atoms with Gasteiger partial charge in [0.15, 0.2) is 7.28 Å². The first-order valence-corrected chi connectivity index (χ1v) is 25.1. The van der Waals surface area contributed by atoms with Gasteiger partial charge < -0.3 is 14.6 Å².